The zero-order valence-corrected chi connectivity index (χ0v) is 10.8. The monoisotopic (exact) mass is 255 g/mol. The zero-order valence-electron chi connectivity index (χ0n) is 10.0. The number of hydrogen-bond donors (Lipinski definition) is 2. The van der Waals surface area contributed by atoms with E-state index in [0.717, 1.165) is 13.1 Å². The zero-order chi connectivity index (χ0) is 12.7. The molecule has 6 heteroatoms. The maximum atomic E-state index is 11.5. The average Bonchev–Trinajstić information content (AvgIpc) is 2.80. The lowest BCUT2D eigenvalue weighted by Crippen LogP contribution is -2.43. The third kappa shape index (κ3) is 4.97. The van der Waals surface area contributed by atoms with Gasteiger partial charge < -0.3 is 5.32 Å². The number of urea groups is 1. The van der Waals surface area contributed by atoms with Crippen molar-refractivity contribution in [3.63, 3.8) is 0 Å². The first-order chi connectivity index (χ1) is 8.15. The van der Waals surface area contributed by atoms with E-state index in [-0.39, 0.29) is 12.5 Å². The second-order valence-corrected chi connectivity index (χ2v) is 4.54. The van der Waals surface area contributed by atoms with Gasteiger partial charge in [0.05, 0.1) is 6.54 Å². The molecule has 0 aliphatic carbocycles. The minimum atomic E-state index is -0.470. The highest BCUT2D eigenvalue weighted by Crippen LogP contribution is 2.11. The van der Waals surface area contributed by atoms with E-state index in [1.165, 1.54) is 11.9 Å². The molecule has 0 atom stereocenters. The van der Waals surface area contributed by atoms with Crippen molar-refractivity contribution >= 4 is 23.3 Å². The van der Waals surface area contributed by atoms with Crippen LogP contribution in [0.2, 0.25) is 0 Å². The molecule has 1 aromatic heterocycles. The van der Waals surface area contributed by atoms with Crippen molar-refractivity contribution in [2.24, 2.45) is 0 Å². The SMILES string of the molecule is CCN(CC(=O)NC(=O)NC)Cc1cccs1. The Morgan fingerprint density at radius 2 is 2.24 bits per heavy atom. The molecule has 5 nitrogen and oxygen atoms in total. The van der Waals surface area contributed by atoms with Gasteiger partial charge in [0, 0.05) is 18.5 Å². The molecular formula is C11H17N3O2S. The predicted molar refractivity (Wildman–Crippen MR) is 67.9 cm³/mol. The van der Waals surface area contributed by atoms with E-state index in [2.05, 4.69) is 10.6 Å². The van der Waals surface area contributed by atoms with E-state index in [1.54, 1.807) is 11.3 Å². The summed E-state index contributed by atoms with van der Waals surface area (Å²) in [5.74, 6) is -0.289. The Bertz CT molecular complexity index is 365. The normalized spacial score (nSPS) is 10.3. The maximum absolute atomic E-state index is 11.5. The largest absolute Gasteiger partial charge is 0.341 e. The highest BCUT2D eigenvalue weighted by Gasteiger charge is 2.11. The molecule has 94 valence electrons. The van der Waals surface area contributed by atoms with Crippen LogP contribution in [-0.4, -0.2) is 37.0 Å². The fraction of sp³-hybridized carbons (Fsp3) is 0.455. The number of carbonyl (C=O) groups is 2. The van der Waals surface area contributed by atoms with Crippen LogP contribution in [0.4, 0.5) is 4.79 Å². The van der Waals surface area contributed by atoms with Gasteiger partial charge in [-0.3, -0.25) is 15.0 Å². The van der Waals surface area contributed by atoms with Crippen LogP contribution in [0.15, 0.2) is 17.5 Å². The Balaban J connectivity index is 2.41. The third-order valence-electron chi connectivity index (χ3n) is 2.25. The number of carbonyl (C=O) groups excluding carboxylic acids is 2. The second-order valence-electron chi connectivity index (χ2n) is 3.51. The summed E-state index contributed by atoms with van der Waals surface area (Å²) in [6, 6.07) is 3.55. The van der Waals surface area contributed by atoms with Gasteiger partial charge in [-0.25, -0.2) is 4.79 Å². The van der Waals surface area contributed by atoms with Gasteiger partial charge in [-0.05, 0) is 18.0 Å². The van der Waals surface area contributed by atoms with E-state index in [1.807, 2.05) is 29.3 Å². The molecule has 1 rings (SSSR count). The second kappa shape index (κ2) is 7.03. The van der Waals surface area contributed by atoms with Crippen LogP contribution in [-0.2, 0) is 11.3 Å². The number of rotatable bonds is 5. The van der Waals surface area contributed by atoms with Crippen LogP contribution < -0.4 is 10.6 Å². The lowest BCUT2D eigenvalue weighted by molar-refractivity contribution is -0.121. The average molecular weight is 255 g/mol. The number of hydrogen-bond acceptors (Lipinski definition) is 4. The molecule has 1 heterocycles. The molecule has 2 N–H and O–H groups in total. The highest BCUT2D eigenvalue weighted by molar-refractivity contribution is 7.09. The molecule has 0 aromatic carbocycles. The summed E-state index contributed by atoms with van der Waals surface area (Å²) in [6.45, 7) is 3.71. The lowest BCUT2D eigenvalue weighted by Gasteiger charge is -2.18. The topological polar surface area (TPSA) is 61.4 Å². The van der Waals surface area contributed by atoms with E-state index >= 15 is 0 Å². The molecule has 0 saturated carbocycles. The number of amides is 3. The van der Waals surface area contributed by atoms with E-state index < -0.39 is 6.03 Å². The molecule has 3 amide bonds. The quantitative estimate of drug-likeness (QED) is 0.826. The summed E-state index contributed by atoms with van der Waals surface area (Å²) in [7, 11) is 1.48. The molecule has 0 saturated heterocycles. The lowest BCUT2D eigenvalue weighted by atomic mass is 10.4. The summed E-state index contributed by atoms with van der Waals surface area (Å²) >= 11 is 1.66. The van der Waals surface area contributed by atoms with Crippen molar-refractivity contribution in [1.82, 2.24) is 15.5 Å². The van der Waals surface area contributed by atoms with E-state index in [0.29, 0.717) is 0 Å². The Morgan fingerprint density at radius 1 is 1.47 bits per heavy atom. The van der Waals surface area contributed by atoms with Crippen LogP contribution >= 0.6 is 11.3 Å². The number of thiophene rings is 1. The van der Waals surface area contributed by atoms with Crippen molar-refractivity contribution in [2.45, 2.75) is 13.5 Å². The van der Waals surface area contributed by atoms with Crippen molar-refractivity contribution in [2.75, 3.05) is 20.1 Å². The van der Waals surface area contributed by atoms with Crippen LogP contribution in [0.3, 0.4) is 0 Å². The Kier molecular flexibility index (Phi) is 5.65. The Hall–Kier alpha value is -1.40. The van der Waals surface area contributed by atoms with Gasteiger partial charge in [-0.15, -0.1) is 11.3 Å². The maximum Gasteiger partial charge on any atom is 0.321 e. The fourth-order valence-electron chi connectivity index (χ4n) is 1.33. The van der Waals surface area contributed by atoms with Gasteiger partial charge in [0.15, 0.2) is 0 Å². The molecule has 0 spiro atoms. The molecule has 17 heavy (non-hydrogen) atoms. The molecule has 0 radical (unpaired) electrons. The van der Waals surface area contributed by atoms with Gasteiger partial charge in [-0.2, -0.15) is 0 Å². The highest BCUT2D eigenvalue weighted by atomic mass is 32.1. The van der Waals surface area contributed by atoms with E-state index in [4.69, 9.17) is 0 Å². The molecule has 0 unspecified atom stereocenters. The molecule has 0 fully saturated rings. The first kappa shape index (κ1) is 13.7. The van der Waals surface area contributed by atoms with Crippen molar-refractivity contribution < 1.29 is 9.59 Å². The standard InChI is InChI=1S/C11H17N3O2S/c1-3-14(7-9-5-4-6-17-9)8-10(15)13-11(16)12-2/h4-6H,3,7-8H2,1-2H3,(H2,12,13,15,16). The summed E-state index contributed by atoms with van der Waals surface area (Å²) < 4.78 is 0. The van der Waals surface area contributed by atoms with Gasteiger partial charge in [0.2, 0.25) is 5.91 Å². The predicted octanol–water partition coefficient (Wildman–Crippen LogP) is 1.03. The van der Waals surface area contributed by atoms with Crippen LogP contribution in [0, 0.1) is 0 Å². The van der Waals surface area contributed by atoms with Crippen molar-refractivity contribution in [3.8, 4) is 0 Å². The Morgan fingerprint density at radius 3 is 2.76 bits per heavy atom. The number of nitrogens with one attached hydrogen (secondary N) is 2. The number of likely N-dealkylation sites (N-methyl/N-ethyl adjacent to an activating group) is 1. The molecule has 1 aromatic rings. The van der Waals surface area contributed by atoms with Crippen LogP contribution in [0.5, 0.6) is 0 Å². The number of imide groups is 1. The first-order valence-corrected chi connectivity index (χ1v) is 6.30. The summed E-state index contributed by atoms with van der Waals surface area (Å²) in [5, 5.41) is 6.60. The summed E-state index contributed by atoms with van der Waals surface area (Å²) in [4.78, 5) is 25.6. The van der Waals surface area contributed by atoms with Gasteiger partial charge >= 0.3 is 6.03 Å². The van der Waals surface area contributed by atoms with Crippen LogP contribution in [0.1, 0.15) is 11.8 Å². The first-order valence-electron chi connectivity index (χ1n) is 5.42. The molecule has 0 aliphatic rings. The number of nitrogens with zero attached hydrogens (tertiary/aromatic N) is 1. The minimum Gasteiger partial charge on any atom is -0.341 e. The van der Waals surface area contributed by atoms with Gasteiger partial charge in [0.25, 0.3) is 0 Å². The summed E-state index contributed by atoms with van der Waals surface area (Å²) in [6.07, 6.45) is 0. The molecular weight excluding hydrogens is 238 g/mol. The minimum absolute atomic E-state index is 0.224. The fourth-order valence-corrected chi connectivity index (χ4v) is 2.08. The van der Waals surface area contributed by atoms with Crippen molar-refractivity contribution in [1.29, 1.82) is 0 Å². The third-order valence-corrected chi connectivity index (χ3v) is 3.12. The molecule has 0 aliphatic heterocycles. The van der Waals surface area contributed by atoms with Crippen LogP contribution in [0.25, 0.3) is 0 Å². The summed E-state index contributed by atoms with van der Waals surface area (Å²) in [5.41, 5.74) is 0. The van der Waals surface area contributed by atoms with E-state index in [9.17, 15) is 9.59 Å². The van der Waals surface area contributed by atoms with Gasteiger partial charge in [0.1, 0.15) is 0 Å². The van der Waals surface area contributed by atoms with Gasteiger partial charge in [-0.1, -0.05) is 13.0 Å². The molecule has 0 bridgehead atoms. The Labute approximate surface area is 105 Å². The smallest absolute Gasteiger partial charge is 0.321 e. The van der Waals surface area contributed by atoms with Crippen molar-refractivity contribution in [3.05, 3.63) is 22.4 Å².